The normalized spacial score (nSPS) is 17.0. The number of aliphatic hydroxyl groups is 1. The topological polar surface area (TPSA) is 188 Å². The van der Waals surface area contributed by atoms with Crippen molar-refractivity contribution in [3.05, 3.63) is 150 Å². The predicted molar refractivity (Wildman–Crippen MR) is 224 cm³/mol. The number of nitrogens with zero attached hydrogens (tertiary/aromatic N) is 4. The van der Waals surface area contributed by atoms with Gasteiger partial charge in [0.05, 0.1) is 30.9 Å². The third-order valence-electron chi connectivity index (χ3n) is 10.4. The average molecular weight is 825 g/mol. The lowest BCUT2D eigenvalue weighted by molar-refractivity contribution is -0.134. The van der Waals surface area contributed by atoms with Crippen molar-refractivity contribution in [1.29, 1.82) is 0 Å². The van der Waals surface area contributed by atoms with Crippen LogP contribution in [0, 0.1) is 0 Å². The number of amides is 4. The molecule has 0 aliphatic carbocycles. The Labute approximate surface area is 351 Å². The smallest absolute Gasteiger partial charge is 0.415 e. The zero-order valence-corrected chi connectivity index (χ0v) is 33.5. The highest BCUT2D eigenvalue weighted by Gasteiger charge is 2.40. The number of ether oxygens (including phenoxy) is 2. The van der Waals surface area contributed by atoms with Crippen LogP contribution in [0.4, 0.5) is 21.0 Å². The lowest BCUT2D eigenvalue weighted by atomic mass is 10.00. The van der Waals surface area contributed by atoms with Gasteiger partial charge in [0.25, 0.3) is 11.8 Å². The minimum atomic E-state index is -1.31. The highest BCUT2D eigenvalue weighted by molar-refractivity contribution is 6.00. The molecule has 312 valence electrons. The number of hydrogen-bond donors (Lipinski definition) is 3. The van der Waals surface area contributed by atoms with Gasteiger partial charge in [-0.15, -0.1) is 0 Å². The zero-order chi connectivity index (χ0) is 43.0. The fourth-order valence-corrected chi connectivity index (χ4v) is 7.10. The van der Waals surface area contributed by atoms with Gasteiger partial charge in [0.2, 0.25) is 6.10 Å². The first-order chi connectivity index (χ1) is 29.4. The second-order valence-electron chi connectivity index (χ2n) is 14.8. The van der Waals surface area contributed by atoms with Gasteiger partial charge >= 0.3 is 12.2 Å². The van der Waals surface area contributed by atoms with Crippen LogP contribution in [0.5, 0.6) is 0 Å². The number of carbonyl (C=O) groups excluding carboxylic acids is 6. The predicted octanol–water partition coefficient (Wildman–Crippen LogP) is 5.13. The van der Waals surface area contributed by atoms with Crippen LogP contribution in [0.2, 0.25) is 0 Å². The van der Waals surface area contributed by atoms with E-state index in [1.165, 1.54) is 28.7 Å². The number of ketones is 2. The molecule has 4 atom stereocenters. The van der Waals surface area contributed by atoms with Gasteiger partial charge in [0.15, 0.2) is 17.7 Å². The van der Waals surface area contributed by atoms with Crippen LogP contribution in [0.1, 0.15) is 45.7 Å². The number of hydrazine groups is 1. The summed E-state index contributed by atoms with van der Waals surface area (Å²) in [6.45, 7) is 2.45. The monoisotopic (exact) mass is 824 g/mol. The van der Waals surface area contributed by atoms with E-state index in [2.05, 4.69) is 15.7 Å². The van der Waals surface area contributed by atoms with Crippen LogP contribution in [0.25, 0.3) is 11.3 Å². The van der Waals surface area contributed by atoms with E-state index in [-0.39, 0.29) is 44.2 Å². The number of rotatable bonds is 16. The van der Waals surface area contributed by atoms with Gasteiger partial charge in [-0.1, -0.05) is 84.9 Å². The maximum absolute atomic E-state index is 13.9. The number of carbonyl (C=O) groups is 6. The van der Waals surface area contributed by atoms with E-state index in [0.717, 1.165) is 22.4 Å². The van der Waals surface area contributed by atoms with Gasteiger partial charge in [0, 0.05) is 47.4 Å². The third-order valence-corrected chi connectivity index (χ3v) is 10.4. The molecule has 0 radical (unpaired) electrons. The summed E-state index contributed by atoms with van der Waals surface area (Å²) < 4.78 is 11.0. The number of Topliss-reactive ketones (excluding diaryl/α,β-unsaturated/α-hetero) is 2. The molecule has 7 rings (SSSR count). The Balaban J connectivity index is 1.10. The summed E-state index contributed by atoms with van der Waals surface area (Å²) in [5.41, 5.74) is 7.61. The van der Waals surface area contributed by atoms with Crippen molar-refractivity contribution in [1.82, 2.24) is 20.7 Å². The Hall–Kier alpha value is -7.23. The SMILES string of the molecule is CC(=O)c1cccc(N2CC(C(=O)NN(Cc3ccc(-c4ccccn4)cc3)CC(O)[C@H](Cc3ccccc3)NC(=O)[C@@H]3CN(c4cccc(C(C)=O)c4)C(=O)O3)OC2=O)c1. The summed E-state index contributed by atoms with van der Waals surface area (Å²) in [5.74, 6) is -1.68. The van der Waals surface area contributed by atoms with Gasteiger partial charge in [0.1, 0.15) is 0 Å². The van der Waals surface area contributed by atoms with Crippen molar-refractivity contribution in [2.24, 2.45) is 0 Å². The maximum Gasteiger partial charge on any atom is 0.415 e. The summed E-state index contributed by atoms with van der Waals surface area (Å²) in [6, 6.07) is 34.3. The zero-order valence-electron chi connectivity index (χ0n) is 33.5. The van der Waals surface area contributed by atoms with Crippen molar-refractivity contribution in [3.63, 3.8) is 0 Å². The van der Waals surface area contributed by atoms with Gasteiger partial charge in [-0.2, -0.15) is 0 Å². The largest absolute Gasteiger partial charge is 0.434 e. The van der Waals surface area contributed by atoms with Crippen LogP contribution in [0.15, 0.2) is 128 Å². The van der Waals surface area contributed by atoms with E-state index in [1.807, 2.05) is 72.8 Å². The molecule has 0 spiro atoms. The molecule has 4 aromatic carbocycles. The maximum atomic E-state index is 13.9. The molecule has 3 heterocycles. The van der Waals surface area contributed by atoms with Crippen LogP contribution in [0.3, 0.4) is 0 Å². The minimum Gasteiger partial charge on any atom is -0.434 e. The van der Waals surface area contributed by atoms with Gasteiger partial charge in [-0.25, -0.2) is 14.6 Å². The Morgan fingerprint density at radius 3 is 1.85 bits per heavy atom. The van der Waals surface area contributed by atoms with Crippen molar-refractivity contribution in [2.75, 3.05) is 29.4 Å². The van der Waals surface area contributed by atoms with Crippen LogP contribution >= 0.6 is 0 Å². The second kappa shape index (κ2) is 18.8. The molecule has 1 aromatic heterocycles. The summed E-state index contributed by atoms with van der Waals surface area (Å²) in [4.78, 5) is 84.6. The number of pyridine rings is 1. The van der Waals surface area contributed by atoms with Crippen LogP contribution in [-0.2, 0) is 32.0 Å². The minimum absolute atomic E-state index is 0.0941. The molecule has 2 aliphatic rings. The number of benzene rings is 4. The van der Waals surface area contributed by atoms with Crippen molar-refractivity contribution >= 4 is 46.9 Å². The van der Waals surface area contributed by atoms with Gasteiger partial charge < -0.3 is 19.9 Å². The fraction of sp³-hybridized carbons (Fsp3) is 0.239. The number of nitrogens with one attached hydrogen (secondary N) is 2. The summed E-state index contributed by atoms with van der Waals surface area (Å²) in [5, 5.41) is 16.3. The van der Waals surface area contributed by atoms with E-state index in [0.29, 0.717) is 22.5 Å². The molecule has 2 aliphatic heterocycles. The van der Waals surface area contributed by atoms with Crippen molar-refractivity contribution < 1.29 is 43.3 Å². The van der Waals surface area contributed by atoms with E-state index >= 15 is 0 Å². The fourth-order valence-electron chi connectivity index (χ4n) is 7.10. The van der Waals surface area contributed by atoms with E-state index < -0.39 is 48.4 Å². The molecule has 15 heteroatoms. The summed E-state index contributed by atoms with van der Waals surface area (Å²) >= 11 is 0. The molecular formula is C46H44N6O9. The molecule has 15 nitrogen and oxygen atoms in total. The Kier molecular flexibility index (Phi) is 12.9. The highest BCUT2D eigenvalue weighted by atomic mass is 16.6. The Morgan fingerprint density at radius 2 is 1.30 bits per heavy atom. The van der Waals surface area contributed by atoms with Crippen molar-refractivity contribution in [3.8, 4) is 11.3 Å². The number of anilines is 2. The standard InChI is InChI=1S/C46H44N6O9/c1-29(53)34-12-8-14-36(23-34)51-27-41(60-45(51)58)43(56)48-39(22-31-10-4-3-5-11-31)40(55)26-50(25-32-17-19-33(20-18-32)38-16-6-7-21-47-38)49-44(57)42-28-52(46(59)61-42)37-15-9-13-35(24-37)30(2)54/h3-21,23-24,39-42,55H,22,25-28H2,1-2H3,(H,48,56)(H,49,57)/t39-,40?,41-,42?/m0/s1. The molecule has 2 fully saturated rings. The molecule has 2 unspecified atom stereocenters. The van der Waals surface area contributed by atoms with Crippen LogP contribution in [-0.4, -0.2) is 94.7 Å². The molecule has 5 aromatic rings. The van der Waals surface area contributed by atoms with E-state index in [4.69, 9.17) is 9.47 Å². The van der Waals surface area contributed by atoms with Gasteiger partial charge in [-0.3, -0.25) is 39.4 Å². The number of cyclic esters (lactones) is 2. The average Bonchev–Trinajstić information content (AvgIpc) is 3.87. The summed E-state index contributed by atoms with van der Waals surface area (Å²) in [7, 11) is 0. The first kappa shape index (κ1) is 41.9. The first-order valence-corrected chi connectivity index (χ1v) is 19.7. The molecule has 3 N–H and O–H groups in total. The lowest BCUT2D eigenvalue weighted by Crippen LogP contribution is -2.55. The molecule has 4 amide bonds. The van der Waals surface area contributed by atoms with Crippen molar-refractivity contribution in [2.45, 2.75) is 51.2 Å². The molecule has 61 heavy (non-hydrogen) atoms. The molecule has 0 saturated carbocycles. The first-order valence-electron chi connectivity index (χ1n) is 19.7. The second-order valence-corrected chi connectivity index (χ2v) is 14.8. The lowest BCUT2D eigenvalue weighted by Gasteiger charge is -2.31. The van der Waals surface area contributed by atoms with E-state index in [9.17, 15) is 33.9 Å². The number of aromatic nitrogens is 1. The Bertz CT molecular complexity index is 2410. The number of hydrogen-bond acceptors (Lipinski definition) is 11. The van der Waals surface area contributed by atoms with Gasteiger partial charge in [-0.05, 0) is 67.8 Å². The highest BCUT2D eigenvalue weighted by Crippen LogP contribution is 2.26. The third kappa shape index (κ3) is 10.3. The van der Waals surface area contributed by atoms with E-state index in [1.54, 1.807) is 54.7 Å². The summed E-state index contributed by atoms with van der Waals surface area (Å²) in [6.07, 6.45) is -3.44. The Morgan fingerprint density at radius 1 is 0.721 bits per heavy atom. The van der Waals surface area contributed by atoms with Crippen LogP contribution < -0.4 is 20.5 Å². The number of aliphatic hydroxyl groups excluding tert-OH is 1. The molecular weight excluding hydrogens is 781 g/mol. The quantitative estimate of drug-likeness (QED) is 0.0885. The molecule has 0 bridgehead atoms. The molecule has 2 saturated heterocycles.